The first-order chi connectivity index (χ1) is 8.75. The van der Waals surface area contributed by atoms with Gasteiger partial charge in [-0.3, -0.25) is 0 Å². The van der Waals surface area contributed by atoms with Crippen LogP contribution in [0.1, 0.15) is 32.2 Å². The number of rotatable bonds is 0. The zero-order chi connectivity index (χ0) is 14.4. The van der Waals surface area contributed by atoms with Crippen LogP contribution in [0.3, 0.4) is 0 Å². The highest BCUT2D eigenvalue weighted by Gasteiger charge is 2.26. The molecule has 5 nitrogen and oxygen atoms in total. The highest BCUT2D eigenvalue weighted by Crippen LogP contribution is 2.31. The number of pyridine rings is 1. The average Bonchev–Trinajstić information content (AvgIpc) is 2.66. The van der Waals surface area contributed by atoms with Crippen molar-refractivity contribution in [2.24, 2.45) is 0 Å². The van der Waals surface area contributed by atoms with Crippen molar-refractivity contribution in [3.8, 4) is 6.07 Å². The van der Waals surface area contributed by atoms with Gasteiger partial charge in [0.25, 0.3) is 0 Å². The molecule has 0 aliphatic carbocycles. The quantitative estimate of drug-likeness (QED) is 0.749. The summed E-state index contributed by atoms with van der Waals surface area (Å²) < 4.78 is 1.11. The SMILES string of the molecule is CC(C)(C)c1cc2cc(Cl)nc(C#N)c2n1C(=O)O. The summed E-state index contributed by atoms with van der Waals surface area (Å²) >= 11 is 5.84. The van der Waals surface area contributed by atoms with Gasteiger partial charge >= 0.3 is 6.09 Å². The Kier molecular flexibility index (Phi) is 2.99. The first-order valence-electron chi connectivity index (χ1n) is 5.61. The number of halogens is 1. The van der Waals surface area contributed by atoms with E-state index < -0.39 is 6.09 Å². The third-order valence-corrected chi connectivity index (χ3v) is 3.01. The lowest BCUT2D eigenvalue weighted by Crippen LogP contribution is -2.21. The van der Waals surface area contributed by atoms with E-state index in [1.807, 2.05) is 26.8 Å². The molecule has 2 aromatic rings. The summed E-state index contributed by atoms with van der Waals surface area (Å²) in [6.07, 6.45) is -1.14. The molecule has 0 amide bonds. The molecule has 0 fully saturated rings. The Balaban J connectivity index is 2.99. The normalized spacial score (nSPS) is 11.5. The lowest BCUT2D eigenvalue weighted by Gasteiger charge is -2.19. The lowest BCUT2D eigenvalue weighted by atomic mass is 9.92. The van der Waals surface area contributed by atoms with Crippen LogP contribution < -0.4 is 0 Å². The van der Waals surface area contributed by atoms with Gasteiger partial charge in [0.15, 0.2) is 5.69 Å². The third-order valence-electron chi connectivity index (χ3n) is 2.81. The predicted octanol–water partition coefficient (Wildman–Crippen LogP) is 3.38. The van der Waals surface area contributed by atoms with Crippen LogP contribution >= 0.6 is 11.6 Å². The number of carboxylic acid groups (broad SMARTS) is 1. The van der Waals surface area contributed by atoms with Crippen molar-refractivity contribution < 1.29 is 9.90 Å². The maximum absolute atomic E-state index is 11.5. The highest BCUT2D eigenvalue weighted by molar-refractivity contribution is 6.30. The van der Waals surface area contributed by atoms with Crippen LogP contribution in [0.2, 0.25) is 5.15 Å². The van der Waals surface area contributed by atoms with Gasteiger partial charge in [0.05, 0.1) is 5.52 Å². The monoisotopic (exact) mass is 277 g/mol. The number of hydrogen-bond donors (Lipinski definition) is 1. The summed E-state index contributed by atoms with van der Waals surface area (Å²) in [6, 6.07) is 5.19. The van der Waals surface area contributed by atoms with Gasteiger partial charge in [0.2, 0.25) is 0 Å². The van der Waals surface area contributed by atoms with Gasteiger partial charge in [0.1, 0.15) is 11.2 Å². The lowest BCUT2D eigenvalue weighted by molar-refractivity contribution is 0.195. The van der Waals surface area contributed by atoms with Crippen molar-refractivity contribution in [1.82, 2.24) is 9.55 Å². The molecular formula is C13H12ClN3O2. The highest BCUT2D eigenvalue weighted by atomic mass is 35.5. The van der Waals surface area contributed by atoms with Crippen LogP contribution in [0.4, 0.5) is 4.79 Å². The van der Waals surface area contributed by atoms with Crippen molar-refractivity contribution >= 4 is 28.6 Å². The molecule has 0 aromatic carbocycles. The smallest absolute Gasteiger partial charge is 0.416 e. The zero-order valence-electron chi connectivity index (χ0n) is 10.7. The molecule has 0 spiro atoms. The fraction of sp³-hybridized carbons (Fsp3) is 0.308. The van der Waals surface area contributed by atoms with Crippen molar-refractivity contribution in [1.29, 1.82) is 5.26 Å². The molecule has 0 saturated carbocycles. The predicted molar refractivity (Wildman–Crippen MR) is 71.6 cm³/mol. The Morgan fingerprint density at radius 1 is 1.47 bits per heavy atom. The van der Waals surface area contributed by atoms with E-state index in [4.69, 9.17) is 16.9 Å². The van der Waals surface area contributed by atoms with Gasteiger partial charge < -0.3 is 5.11 Å². The fourth-order valence-electron chi connectivity index (χ4n) is 2.03. The number of hydrogen-bond acceptors (Lipinski definition) is 3. The van der Waals surface area contributed by atoms with E-state index in [9.17, 15) is 9.90 Å². The van der Waals surface area contributed by atoms with Gasteiger partial charge in [-0.25, -0.2) is 14.3 Å². The third kappa shape index (κ3) is 2.15. The largest absolute Gasteiger partial charge is 0.464 e. The van der Waals surface area contributed by atoms with Crippen molar-refractivity contribution in [2.45, 2.75) is 26.2 Å². The number of nitrogens with zero attached hydrogens (tertiary/aromatic N) is 3. The molecule has 0 saturated heterocycles. The second-order valence-electron chi connectivity index (χ2n) is 5.24. The van der Waals surface area contributed by atoms with Crippen LogP contribution in [0.25, 0.3) is 10.9 Å². The van der Waals surface area contributed by atoms with Crippen LogP contribution in [0.15, 0.2) is 12.1 Å². The van der Waals surface area contributed by atoms with E-state index in [1.165, 1.54) is 0 Å². The zero-order valence-corrected chi connectivity index (χ0v) is 11.5. The fourth-order valence-corrected chi connectivity index (χ4v) is 2.23. The summed E-state index contributed by atoms with van der Waals surface area (Å²) in [4.78, 5) is 15.4. The molecule has 0 aliphatic rings. The topological polar surface area (TPSA) is 78.9 Å². The van der Waals surface area contributed by atoms with E-state index in [2.05, 4.69) is 4.98 Å². The number of carbonyl (C=O) groups is 1. The minimum Gasteiger partial charge on any atom is -0.464 e. The molecule has 0 aliphatic heterocycles. The Labute approximate surface area is 115 Å². The Hall–Kier alpha value is -2.06. The van der Waals surface area contributed by atoms with E-state index in [-0.39, 0.29) is 21.8 Å². The Morgan fingerprint density at radius 3 is 2.58 bits per heavy atom. The molecule has 0 unspecified atom stereocenters. The number of aromatic nitrogens is 2. The Bertz CT molecular complexity index is 720. The summed E-state index contributed by atoms with van der Waals surface area (Å²) in [5.74, 6) is 0. The molecule has 6 heteroatoms. The molecule has 98 valence electrons. The van der Waals surface area contributed by atoms with Gasteiger partial charge in [-0.1, -0.05) is 32.4 Å². The number of fused-ring (bicyclic) bond motifs is 1. The van der Waals surface area contributed by atoms with Crippen LogP contribution in [-0.2, 0) is 5.41 Å². The van der Waals surface area contributed by atoms with Crippen LogP contribution in [0.5, 0.6) is 0 Å². The molecular weight excluding hydrogens is 266 g/mol. The first-order valence-corrected chi connectivity index (χ1v) is 5.99. The molecule has 2 heterocycles. The number of nitriles is 1. The molecule has 0 atom stereocenters. The molecule has 1 N–H and O–H groups in total. The summed E-state index contributed by atoms with van der Waals surface area (Å²) in [5, 5.41) is 19.3. The second-order valence-corrected chi connectivity index (χ2v) is 5.63. The molecule has 0 bridgehead atoms. The second kappa shape index (κ2) is 4.25. The molecule has 19 heavy (non-hydrogen) atoms. The van der Waals surface area contributed by atoms with E-state index >= 15 is 0 Å². The van der Waals surface area contributed by atoms with Crippen LogP contribution in [0, 0.1) is 11.3 Å². The first kappa shape index (κ1) is 13.4. The summed E-state index contributed by atoms with van der Waals surface area (Å²) in [5.41, 5.74) is 0.511. The minimum atomic E-state index is -1.14. The van der Waals surface area contributed by atoms with Crippen molar-refractivity contribution in [2.75, 3.05) is 0 Å². The Morgan fingerprint density at radius 2 is 2.11 bits per heavy atom. The molecule has 2 aromatic heterocycles. The summed E-state index contributed by atoms with van der Waals surface area (Å²) in [7, 11) is 0. The maximum atomic E-state index is 11.5. The molecule has 0 radical (unpaired) electrons. The van der Waals surface area contributed by atoms with Gasteiger partial charge in [-0.2, -0.15) is 5.26 Å². The van der Waals surface area contributed by atoms with E-state index in [0.29, 0.717) is 11.1 Å². The minimum absolute atomic E-state index is 0.0143. The van der Waals surface area contributed by atoms with Crippen molar-refractivity contribution in [3.63, 3.8) is 0 Å². The summed E-state index contributed by atoms with van der Waals surface area (Å²) in [6.45, 7) is 5.71. The average molecular weight is 278 g/mol. The van der Waals surface area contributed by atoms with E-state index in [0.717, 1.165) is 4.57 Å². The van der Waals surface area contributed by atoms with Gasteiger partial charge in [-0.15, -0.1) is 0 Å². The standard InChI is InChI=1S/C13H12ClN3O2/c1-13(2,3)9-4-7-5-10(14)16-8(6-15)11(7)17(9)12(18)19/h4-5H,1-3H3,(H,18,19). The van der Waals surface area contributed by atoms with Crippen LogP contribution in [-0.4, -0.2) is 20.8 Å². The van der Waals surface area contributed by atoms with E-state index in [1.54, 1.807) is 12.1 Å². The van der Waals surface area contributed by atoms with Gasteiger partial charge in [0, 0.05) is 16.5 Å². The maximum Gasteiger partial charge on any atom is 0.416 e. The van der Waals surface area contributed by atoms with Crippen molar-refractivity contribution in [3.05, 3.63) is 28.7 Å². The molecule has 2 rings (SSSR count). The van der Waals surface area contributed by atoms with Gasteiger partial charge in [-0.05, 0) is 12.1 Å².